The number of aromatic nitrogens is 2. The van der Waals surface area contributed by atoms with Gasteiger partial charge in [-0.25, -0.2) is 0 Å². The Morgan fingerprint density at radius 1 is 0.968 bits per heavy atom. The van der Waals surface area contributed by atoms with Crippen molar-refractivity contribution in [1.82, 2.24) is 14.9 Å². The highest BCUT2D eigenvalue weighted by atomic mass is 19.4. The molecule has 1 amide bonds. The van der Waals surface area contributed by atoms with Crippen molar-refractivity contribution in [2.75, 3.05) is 13.1 Å². The SMILES string of the molecule is O=C(c1ccncc1)N1CCC(c2cccc(Cc3ccc(C(F)(F)F)cc3)n2)CC1. The summed E-state index contributed by atoms with van der Waals surface area (Å²) in [6, 6.07) is 14.5. The fourth-order valence-electron chi connectivity index (χ4n) is 3.90. The summed E-state index contributed by atoms with van der Waals surface area (Å²) < 4.78 is 38.2. The average molecular weight is 425 g/mol. The first kappa shape index (κ1) is 21.0. The Labute approximate surface area is 178 Å². The molecule has 0 saturated carbocycles. The first-order valence-corrected chi connectivity index (χ1v) is 10.2. The van der Waals surface area contributed by atoms with E-state index in [1.807, 2.05) is 23.1 Å². The third kappa shape index (κ3) is 5.10. The van der Waals surface area contributed by atoms with Gasteiger partial charge in [0.05, 0.1) is 5.56 Å². The van der Waals surface area contributed by atoms with Crippen molar-refractivity contribution in [2.24, 2.45) is 0 Å². The molecule has 1 aliphatic rings. The van der Waals surface area contributed by atoms with Gasteiger partial charge < -0.3 is 4.90 Å². The van der Waals surface area contributed by atoms with E-state index >= 15 is 0 Å². The number of carbonyl (C=O) groups excluding carboxylic acids is 1. The number of halogens is 3. The maximum Gasteiger partial charge on any atom is 0.416 e. The molecule has 0 spiro atoms. The quantitative estimate of drug-likeness (QED) is 0.584. The summed E-state index contributed by atoms with van der Waals surface area (Å²) in [5, 5.41) is 0. The monoisotopic (exact) mass is 425 g/mol. The van der Waals surface area contributed by atoms with Crippen LogP contribution in [0.5, 0.6) is 0 Å². The molecule has 7 heteroatoms. The van der Waals surface area contributed by atoms with Gasteiger partial charge in [0.15, 0.2) is 0 Å². The number of hydrogen-bond acceptors (Lipinski definition) is 3. The van der Waals surface area contributed by atoms with Gasteiger partial charge >= 0.3 is 6.18 Å². The van der Waals surface area contributed by atoms with Crippen molar-refractivity contribution in [3.8, 4) is 0 Å². The van der Waals surface area contributed by atoms with E-state index < -0.39 is 11.7 Å². The smallest absolute Gasteiger partial charge is 0.339 e. The summed E-state index contributed by atoms with van der Waals surface area (Å²) in [6.07, 6.45) is 1.04. The Morgan fingerprint density at radius 3 is 2.29 bits per heavy atom. The third-order valence-corrected chi connectivity index (χ3v) is 5.62. The highest BCUT2D eigenvalue weighted by molar-refractivity contribution is 5.94. The highest BCUT2D eigenvalue weighted by Gasteiger charge is 2.30. The van der Waals surface area contributed by atoms with Crippen molar-refractivity contribution in [3.05, 3.63) is 95.1 Å². The lowest BCUT2D eigenvalue weighted by molar-refractivity contribution is -0.137. The number of amides is 1. The minimum atomic E-state index is -4.33. The topological polar surface area (TPSA) is 46.1 Å². The fraction of sp³-hybridized carbons (Fsp3) is 0.292. The van der Waals surface area contributed by atoms with Gasteiger partial charge in [-0.15, -0.1) is 0 Å². The van der Waals surface area contributed by atoms with Crippen LogP contribution >= 0.6 is 0 Å². The van der Waals surface area contributed by atoms with E-state index in [4.69, 9.17) is 4.98 Å². The zero-order chi connectivity index (χ0) is 21.8. The maximum absolute atomic E-state index is 12.7. The minimum absolute atomic E-state index is 0.0184. The molecule has 4 nitrogen and oxygen atoms in total. The molecule has 2 aromatic heterocycles. The molecule has 0 atom stereocenters. The van der Waals surface area contributed by atoms with Crippen molar-refractivity contribution >= 4 is 5.91 Å². The largest absolute Gasteiger partial charge is 0.416 e. The van der Waals surface area contributed by atoms with E-state index in [0.717, 1.165) is 41.9 Å². The van der Waals surface area contributed by atoms with Crippen LogP contribution in [0.3, 0.4) is 0 Å². The van der Waals surface area contributed by atoms with Crippen LogP contribution in [-0.4, -0.2) is 33.9 Å². The maximum atomic E-state index is 12.7. The Balaban J connectivity index is 1.38. The van der Waals surface area contributed by atoms with E-state index in [2.05, 4.69) is 4.98 Å². The molecule has 0 bridgehead atoms. The van der Waals surface area contributed by atoms with E-state index in [1.54, 1.807) is 24.5 Å². The number of piperidine rings is 1. The van der Waals surface area contributed by atoms with Gasteiger partial charge in [-0.05, 0) is 54.8 Å². The summed E-state index contributed by atoms with van der Waals surface area (Å²) in [4.78, 5) is 23.2. The summed E-state index contributed by atoms with van der Waals surface area (Å²) in [6.45, 7) is 1.33. The lowest BCUT2D eigenvalue weighted by atomic mass is 9.92. The van der Waals surface area contributed by atoms with Crippen molar-refractivity contribution in [2.45, 2.75) is 31.4 Å². The second-order valence-electron chi connectivity index (χ2n) is 7.73. The van der Waals surface area contributed by atoms with Crippen molar-refractivity contribution in [3.63, 3.8) is 0 Å². The summed E-state index contributed by atoms with van der Waals surface area (Å²) >= 11 is 0. The second kappa shape index (κ2) is 8.88. The molecule has 3 heterocycles. The number of likely N-dealkylation sites (tertiary alicyclic amines) is 1. The van der Waals surface area contributed by atoms with Gasteiger partial charge in [0.25, 0.3) is 5.91 Å². The zero-order valence-electron chi connectivity index (χ0n) is 16.8. The molecular weight excluding hydrogens is 403 g/mol. The van der Waals surface area contributed by atoms with Gasteiger partial charge in [-0.1, -0.05) is 18.2 Å². The predicted octanol–water partition coefficient (Wildman–Crippen LogP) is 5.11. The third-order valence-electron chi connectivity index (χ3n) is 5.62. The average Bonchev–Trinajstić information content (AvgIpc) is 2.79. The molecule has 4 rings (SSSR count). The summed E-state index contributed by atoms with van der Waals surface area (Å²) in [7, 11) is 0. The fourth-order valence-corrected chi connectivity index (χ4v) is 3.90. The minimum Gasteiger partial charge on any atom is -0.339 e. The van der Waals surface area contributed by atoms with Gasteiger partial charge in [-0.3, -0.25) is 14.8 Å². The van der Waals surface area contributed by atoms with Crippen LogP contribution in [0.1, 0.15) is 51.6 Å². The Hall–Kier alpha value is -3.22. The summed E-state index contributed by atoms with van der Waals surface area (Å²) in [5.74, 6) is 0.277. The van der Waals surface area contributed by atoms with Gasteiger partial charge in [0.2, 0.25) is 0 Å². The highest BCUT2D eigenvalue weighted by Crippen LogP contribution is 2.30. The predicted molar refractivity (Wildman–Crippen MR) is 111 cm³/mol. The van der Waals surface area contributed by atoms with Crippen LogP contribution in [0.2, 0.25) is 0 Å². The van der Waals surface area contributed by atoms with Gasteiger partial charge in [0, 0.05) is 54.8 Å². The number of rotatable bonds is 4. The van der Waals surface area contributed by atoms with Crippen LogP contribution in [0, 0.1) is 0 Å². The Bertz CT molecular complexity index is 1030. The van der Waals surface area contributed by atoms with Crippen LogP contribution in [0.15, 0.2) is 67.0 Å². The molecule has 31 heavy (non-hydrogen) atoms. The van der Waals surface area contributed by atoms with Crippen molar-refractivity contribution in [1.29, 1.82) is 0 Å². The number of carbonyl (C=O) groups is 1. The van der Waals surface area contributed by atoms with Crippen LogP contribution in [0.4, 0.5) is 13.2 Å². The summed E-state index contributed by atoms with van der Waals surface area (Å²) in [5.41, 5.74) is 2.58. The van der Waals surface area contributed by atoms with E-state index in [1.165, 1.54) is 12.1 Å². The molecule has 0 aliphatic carbocycles. The molecule has 0 radical (unpaired) electrons. The molecule has 1 aromatic carbocycles. The van der Waals surface area contributed by atoms with E-state index in [9.17, 15) is 18.0 Å². The Kier molecular flexibility index (Phi) is 6.02. The van der Waals surface area contributed by atoms with E-state index in [0.29, 0.717) is 25.1 Å². The zero-order valence-corrected chi connectivity index (χ0v) is 16.8. The normalized spacial score (nSPS) is 15.1. The number of nitrogens with zero attached hydrogens (tertiary/aromatic N) is 3. The Morgan fingerprint density at radius 2 is 1.65 bits per heavy atom. The van der Waals surface area contributed by atoms with Crippen LogP contribution in [0.25, 0.3) is 0 Å². The van der Waals surface area contributed by atoms with E-state index in [-0.39, 0.29) is 11.8 Å². The number of hydrogen-bond donors (Lipinski definition) is 0. The van der Waals surface area contributed by atoms with Gasteiger partial charge in [0.1, 0.15) is 0 Å². The van der Waals surface area contributed by atoms with Gasteiger partial charge in [-0.2, -0.15) is 13.2 Å². The first-order chi connectivity index (χ1) is 14.9. The lowest BCUT2D eigenvalue weighted by Gasteiger charge is -2.32. The van der Waals surface area contributed by atoms with Crippen LogP contribution < -0.4 is 0 Å². The number of benzene rings is 1. The van der Waals surface area contributed by atoms with Crippen LogP contribution in [-0.2, 0) is 12.6 Å². The first-order valence-electron chi connectivity index (χ1n) is 10.2. The molecule has 3 aromatic rings. The standard InChI is InChI=1S/C24H22F3N3O/c25-24(26,27)20-6-4-17(5-7-20)16-21-2-1-3-22(29-21)18-10-14-30(15-11-18)23(31)19-8-12-28-13-9-19/h1-9,12-13,18H,10-11,14-16H2. The molecule has 0 unspecified atom stereocenters. The number of pyridine rings is 2. The second-order valence-corrected chi connectivity index (χ2v) is 7.73. The molecule has 1 aliphatic heterocycles. The lowest BCUT2D eigenvalue weighted by Crippen LogP contribution is -2.38. The molecule has 160 valence electrons. The molecule has 1 fully saturated rings. The molecule has 0 N–H and O–H groups in total. The number of alkyl halides is 3. The molecular formula is C24H22F3N3O. The molecule has 1 saturated heterocycles. The van der Waals surface area contributed by atoms with Crippen molar-refractivity contribution < 1.29 is 18.0 Å².